The maximum absolute atomic E-state index is 12.0. The van der Waals surface area contributed by atoms with E-state index in [9.17, 15) is 9.59 Å². The minimum absolute atomic E-state index is 0.0234. The maximum atomic E-state index is 12.0. The van der Waals surface area contributed by atoms with Gasteiger partial charge in [-0.25, -0.2) is 4.98 Å². The van der Waals surface area contributed by atoms with Crippen LogP contribution in [-0.2, 0) is 4.79 Å². The molecule has 98 valence electrons. The van der Waals surface area contributed by atoms with Gasteiger partial charge in [-0.2, -0.15) is 0 Å². The summed E-state index contributed by atoms with van der Waals surface area (Å²) in [6.45, 7) is 2.29. The number of hydrogen-bond donors (Lipinski definition) is 1. The molecule has 0 aromatic carbocycles. The summed E-state index contributed by atoms with van der Waals surface area (Å²) in [7, 11) is 1.52. The standard InChI is InChI=1S/C11H13Cl2N3O2/c1-3-14-9(17)6-16(2)11(18)7-4-5-8(12)15-10(7)13/h4-5H,3,6H2,1-2H3,(H,14,17). The number of carbonyl (C=O) groups excluding carboxylic acids is 2. The second-order valence-electron chi connectivity index (χ2n) is 3.59. The average molecular weight is 290 g/mol. The van der Waals surface area contributed by atoms with Crippen molar-refractivity contribution in [3.05, 3.63) is 28.0 Å². The molecule has 1 N–H and O–H groups in total. The highest BCUT2D eigenvalue weighted by Gasteiger charge is 2.18. The zero-order valence-corrected chi connectivity index (χ0v) is 11.5. The molecule has 0 spiro atoms. The van der Waals surface area contributed by atoms with Crippen LogP contribution in [-0.4, -0.2) is 41.8 Å². The summed E-state index contributed by atoms with van der Waals surface area (Å²) >= 11 is 11.5. The van der Waals surface area contributed by atoms with Crippen LogP contribution in [0.1, 0.15) is 17.3 Å². The number of pyridine rings is 1. The molecule has 18 heavy (non-hydrogen) atoms. The monoisotopic (exact) mass is 289 g/mol. The predicted molar refractivity (Wildman–Crippen MR) is 69.9 cm³/mol. The highest BCUT2D eigenvalue weighted by atomic mass is 35.5. The average Bonchev–Trinajstić information content (AvgIpc) is 2.28. The molecule has 0 bridgehead atoms. The third-order valence-electron chi connectivity index (χ3n) is 2.15. The number of nitrogens with one attached hydrogen (secondary N) is 1. The Morgan fingerprint density at radius 3 is 2.61 bits per heavy atom. The van der Waals surface area contributed by atoms with Gasteiger partial charge < -0.3 is 10.2 Å². The molecule has 0 saturated heterocycles. The van der Waals surface area contributed by atoms with Crippen LogP contribution in [0.25, 0.3) is 0 Å². The van der Waals surface area contributed by atoms with Crippen molar-refractivity contribution in [1.29, 1.82) is 0 Å². The van der Waals surface area contributed by atoms with Gasteiger partial charge in [0.05, 0.1) is 12.1 Å². The van der Waals surface area contributed by atoms with Crippen molar-refractivity contribution >= 4 is 35.0 Å². The molecular weight excluding hydrogens is 277 g/mol. The molecule has 0 aliphatic carbocycles. The fourth-order valence-corrected chi connectivity index (χ4v) is 1.74. The lowest BCUT2D eigenvalue weighted by atomic mass is 10.2. The SMILES string of the molecule is CCNC(=O)CN(C)C(=O)c1ccc(Cl)nc1Cl. The summed E-state index contributed by atoms with van der Waals surface area (Å²) in [5.41, 5.74) is 0.216. The second-order valence-corrected chi connectivity index (χ2v) is 4.33. The van der Waals surface area contributed by atoms with Gasteiger partial charge in [0.25, 0.3) is 5.91 Å². The summed E-state index contributed by atoms with van der Waals surface area (Å²) in [6.07, 6.45) is 0. The molecule has 5 nitrogen and oxygen atoms in total. The minimum Gasteiger partial charge on any atom is -0.355 e. The van der Waals surface area contributed by atoms with E-state index in [4.69, 9.17) is 23.2 Å². The fraction of sp³-hybridized carbons (Fsp3) is 0.364. The van der Waals surface area contributed by atoms with E-state index in [1.54, 1.807) is 6.92 Å². The largest absolute Gasteiger partial charge is 0.355 e. The van der Waals surface area contributed by atoms with Crippen LogP contribution in [0.5, 0.6) is 0 Å². The van der Waals surface area contributed by atoms with E-state index in [-0.39, 0.29) is 34.2 Å². The van der Waals surface area contributed by atoms with Gasteiger partial charge in [-0.05, 0) is 19.1 Å². The van der Waals surface area contributed by atoms with Crippen molar-refractivity contribution in [2.45, 2.75) is 6.92 Å². The zero-order chi connectivity index (χ0) is 13.7. The molecule has 1 heterocycles. The first-order valence-electron chi connectivity index (χ1n) is 5.30. The number of amides is 2. The Labute approximate surface area is 115 Å². The second kappa shape index (κ2) is 6.56. The van der Waals surface area contributed by atoms with E-state index < -0.39 is 0 Å². The maximum Gasteiger partial charge on any atom is 0.257 e. The van der Waals surface area contributed by atoms with Crippen LogP contribution < -0.4 is 5.32 Å². The molecule has 0 saturated carbocycles. The summed E-state index contributed by atoms with van der Waals surface area (Å²) in [5.74, 6) is -0.609. The Kier molecular flexibility index (Phi) is 5.37. The van der Waals surface area contributed by atoms with Gasteiger partial charge in [-0.1, -0.05) is 23.2 Å². The van der Waals surface area contributed by atoms with Crippen LogP contribution in [0, 0.1) is 0 Å². The van der Waals surface area contributed by atoms with E-state index in [2.05, 4.69) is 10.3 Å². The molecular formula is C11H13Cl2N3O2. The van der Waals surface area contributed by atoms with Crippen LogP contribution in [0.4, 0.5) is 0 Å². The Balaban J connectivity index is 2.77. The number of hydrogen-bond acceptors (Lipinski definition) is 3. The minimum atomic E-state index is -0.379. The Bertz CT molecular complexity index is 466. The van der Waals surface area contributed by atoms with Gasteiger partial charge in [-0.3, -0.25) is 9.59 Å². The van der Waals surface area contributed by atoms with E-state index in [1.807, 2.05) is 0 Å². The number of halogens is 2. The van der Waals surface area contributed by atoms with Gasteiger partial charge in [0.1, 0.15) is 10.3 Å². The van der Waals surface area contributed by atoms with E-state index in [0.717, 1.165) is 0 Å². The van der Waals surface area contributed by atoms with Crippen LogP contribution >= 0.6 is 23.2 Å². The molecule has 7 heteroatoms. The number of nitrogens with zero attached hydrogens (tertiary/aromatic N) is 2. The molecule has 0 fully saturated rings. The summed E-state index contributed by atoms with van der Waals surface area (Å²) < 4.78 is 0. The van der Waals surface area contributed by atoms with Crippen LogP contribution in [0.15, 0.2) is 12.1 Å². The van der Waals surface area contributed by atoms with E-state index in [1.165, 1.54) is 24.1 Å². The quantitative estimate of drug-likeness (QED) is 0.857. The predicted octanol–water partition coefficient (Wildman–Crippen LogP) is 1.60. The Hall–Kier alpha value is -1.33. The zero-order valence-electron chi connectivity index (χ0n) is 10.0. The lowest BCUT2D eigenvalue weighted by Crippen LogP contribution is -2.38. The molecule has 0 unspecified atom stereocenters. The lowest BCUT2D eigenvalue weighted by Gasteiger charge is -2.16. The van der Waals surface area contributed by atoms with Crippen molar-refractivity contribution in [3.8, 4) is 0 Å². The topological polar surface area (TPSA) is 62.3 Å². The van der Waals surface area contributed by atoms with Crippen molar-refractivity contribution < 1.29 is 9.59 Å². The smallest absolute Gasteiger partial charge is 0.257 e. The summed E-state index contributed by atoms with van der Waals surface area (Å²) in [5, 5.41) is 2.84. The first kappa shape index (κ1) is 14.7. The fourth-order valence-electron chi connectivity index (χ4n) is 1.32. The molecule has 0 aliphatic rings. The molecule has 1 aromatic heterocycles. The highest BCUT2D eigenvalue weighted by molar-refractivity contribution is 6.34. The van der Waals surface area contributed by atoms with Gasteiger partial charge >= 0.3 is 0 Å². The first-order chi connectivity index (χ1) is 8.45. The molecule has 1 rings (SSSR count). The molecule has 0 aliphatic heterocycles. The van der Waals surface area contributed by atoms with E-state index in [0.29, 0.717) is 6.54 Å². The van der Waals surface area contributed by atoms with Crippen LogP contribution in [0.2, 0.25) is 10.3 Å². The summed E-state index contributed by atoms with van der Waals surface area (Å²) in [4.78, 5) is 28.4. The number of rotatable bonds is 4. The number of carbonyl (C=O) groups is 2. The highest BCUT2D eigenvalue weighted by Crippen LogP contribution is 2.17. The Morgan fingerprint density at radius 2 is 2.06 bits per heavy atom. The summed E-state index contributed by atoms with van der Waals surface area (Å²) in [6, 6.07) is 2.95. The first-order valence-corrected chi connectivity index (χ1v) is 6.05. The van der Waals surface area contributed by atoms with Crippen molar-refractivity contribution in [2.75, 3.05) is 20.1 Å². The lowest BCUT2D eigenvalue weighted by molar-refractivity contribution is -0.121. The molecule has 1 aromatic rings. The Morgan fingerprint density at radius 1 is 1.39 bits per heavy atom. The van der Waals surface area contributed by atoms with Gasteiger partial charge in [0.2, 0.25) is 5.91 Å². The number of likely N-dealkylation sites (N-methyl/N-ethyl adjacent to an activating group) is 2. The normalized spacial score (nSPS) is 10.0. The third kappa shape index (κ3) is 3.85. The van der Waals surface area contributed by atoms with Crippen molar-refractivity contribution in [2.24, 2.45) is 0 Å². The van der Waals surface area contributed by atoms with E-state index >= 15 is 0 Å². The van der Waals surface area contributed by atoms with Crippen LogP contribution in [0.3, 0.4) is 0 Å². The molecule has 0 atom stereocenters. The molecule has 0 radical (unpaired) electrons. The molecule has 2 amide bonds. The van der Waals surface area contributed by atoms with Crippen molar-refractivity contribution in [1.82, 2.24) is 15.2 Å². The number of aromatic nitrogens is 1. The van der Waals surface area contributed by atoms with Gasteiger partial charge in [0, 0.05) is 13.6 Å². The van der Waals surface area contributed by atoms with Gasteiger partial charge in [-0.15, -0.1) is 0 Å². The van der Waals surface area contributed by atoms with Crippen molar-refractivity contribution in [3.63, 3.8) is 0 Å². The van der Waals surface area contributed by atoms with Gasteiger partial charge in [0.15, 0.2) is 0 Å². The third-order valence-corrected chi connectivity index (χ3v) is 2.65.